The molecule has 1 aromatic heterocycles. The highest BCUT2D eigenvalue weighted by Crippen LogP contribution is 2.14. The summed E-state index contributed by atoms with van der Waals surface area (Å²) in [4.78, 5) is 37.0. The minimum Gasteiger partial charge on any atom is -0.461 e. The second-order valence-electron chi connectivity index (χ2n) is 4.02. The van der Waals surface area contributed by atoms with Crippen molar-refractivity contribution in [2.24, 2.45) is 0 Å². The van der Waals surface area contributed by atoms with E-state index in [0.29, 0.717) is 0 Å². The van der Waals surface area contributed by atoms with Crippen LogP contribution in [0.4, 0.5) is 11.7 Å². The number of aromatic nitrogens is 1. The third kappa shape index (κ3) is 3.45. The number of ether oxygens (including phenoxy) is 1. The van der Waals surface area contributed by atoms with Crippen molar-refractivity contribution < 1.29 is 23.7 Å². The first-order valence-electron chi connectivity index (χ1n) is 6.19. The average molecular weight is 305 g/mol. The number of oxazole rings is 1. The molecule has 1 aromatic carbocycles. The van der Waals surface area contributed by atoms with Crippen molar-refractivity contribution in [3.8, 4) is 0 Å². The normalized spacial score (nSPS) is 10.0. The molecule has 114 valence electrons. The molecule has 1 N–H and O–H groups in total. The maximum absolute atomic E-state index is 11.9. The Balaban J connectivity index is 2.05. The van der Waals surface area contributed by atoms with Crippen LogP contribution >= 0.6 is 0 Å². The van der Waals surface area contributed by atoms with Crippen LogP contribution in [0.15, 0.2) is 34.9 Å². The molecule has 0 bridgehead atoms. The van der Waals surface area contributed by atoms with Gasteiger partial charge in [0.25, 0.3) is 11.6 Å². The quantitative estimate of drug-likeness (QED) is 0.508. The van der Waals surface area contributed by atoms with Gasteiger partial charge in [-0.15, -0.1) is 0 Å². The summed E-state index contributed by atoms with van der Waals surface area (Å²) in [5, 5.41) is 12.9. The van der Waals surface area contributed by atoms with Crippen LogP contribution in [0.1, 0.15) is 27.8 Å². The number of carbonyl (C=O) groups is 2. The van der Waals surface area contributed by atoms with Gasteiger partial charge in [-0.05, 0) is 19.1 Å². The molecule has 0 saturated heterocycles. The number of anilines is 1. The van der Waals surface area contributed by atoms with Gasteiger partial charge in [0.15, 0.2) is 5.69 Å². The van der Waals surface area contributed by atoms with Gasteiger partial charge in [-0.3, -0.25) is 20.2 Å². The Morgan fingerprint density at radius 3 is 2.64 bits per heavy atom. The van der Waals surface area contributed by atoms with Gasteiger partial charge in [-0.2, -0.15) is 4.98 Å². The van der Waals surface area contributed by atoms with Gasteiger partial charge in [0, 0.05) is 17.7 Å². The van der Waals surface area contributed by atoms with Crippen LogP contribution in [0.2, 0.25) is 0 Å². The Bertz CT molecular complexity index is 707. The van der Waals surface area contributed by atoms with E-state index >= 15 is 0 Å². The number of hydrogen-bond acceptors (Lipinski definition) is 7. The second kappa shape index (κ2) is 6.48. The fraction of sp³-hybridized carbons (Fsp3) is 0.154. The van der Waals surface area contributed by atoms with E-state index < -0.39 is 16.8 Å². The van der Waals surface area contributed by atoms with Crippen LogP contribution in [-0.4, -0.2) is 28.4 Å². The van der Waals surface area contributed by atoms with E-state index in [2.05, 4.69) is 10.3 Å². The predicted octanol–water partition coefficient (Wildman–Crippen LogP) is 2.01. The van der Waals surface area contributed by atoms with E-state index in [1.54, 1.807) is 6.92 Å². The van der Waals surface area contributed by atoms with Crippen LogP contribution in [-0.2, 0) is 4.74 Å². The number of nitro benzene ring substituents is 1. The van der Waals surface area contributed by atoms with E-state index in [1.165, 1.54) is 24.3 Å². The summed E-state index contributed by atoms with van der Waals surface area (Å²) in [5.74, 6) is -1.24. The Hall–Kier alpha value is -3.23. The molecule has 0 aliphatic rings. The highest BCUT2D eigenvalue weighted by atomic mass is 16.6. The Morgan fingerprint density at radius 2 is 2.05 bits per heavy atom. The highest BCUT2D eigenvalue weighted by molar-refractivity contribution is 6.03. The lowest BCUT2D eigenvalue weighted by Crippen LogP contribution is -2.12. The molecule has 0 aliphatic heterocycles. The maximum atomic E-state index is 11.9. The number of benzene rings is 1. The predicted molar refractivity (Wildman–Crippen MR) is 73.5 cm³/mol. The number of nitrogens with one attached hydrogen (secondary N) is 1. The number of non-ortho nitro benzene ring substituents is 1. The van der Waals surface area contributed by atoms with Gasteiger partial charge in [0.05, 0.1) is 11.5 Å². The summed E-state index contributed by atoms with van der Waals surface area (Å²) >= 11 is 0. The lowest BCUT2D eigenvalue weighted by atomic mass is 10.2. The largest absolute Gasteiger partial charge is 0.461 e. The third-order valence-electron chi connectivity index (χ3n) is 2.55. The van der Waals surface area contributed by atoms with Gasteiger partial charge in [0.2, 0.25) is 0 Å². The fourth-order valence-electron chi connectivity index (χ4n) is 1.53. The minimum absolute atomic E-state index is 0.0687. The zero-order chi connectivity index (χ0) is 16.1. The van der Waals surface area contributed by atoms with Crippen molar-refractivity contribution >= 4 is 23.6 Å². The number of amides is 1. The zero-order valence-corrected chi connectivity index (χ0v) is 11.4. The molecule has 2 aromatic rings. The summed E-state index contributed by atoms with van der Waals surface area (Å²) < 4.78 is 9.66. The SMILES string of the molecule is CCOC(=O)c1coc(NC(=O)c2ccc([N+](=O)[O-])cc2)n1. The Labute approximate surface area is 124 Å². The smallest absolute Gasteiger partial charge is 0.360 e. The molecule has 0 atom stereocenters. The van der Waals surface area contributed by atoms with Crippen LogP contribution in [0.3, 0.4) is 0 Å². The number of carbonyl (C=O) groups excluding carboxylic acids is 2. The van der Waals surface area contributed by atoms with Gasteiger partial charge in [-0.1, -0.05) is 0 Å². The topological polar surface area (TPSA) is 125 Å². The highest BCUT2D eigenvalue weighted by Gasteiger charge is 2.16. The Kier molecular flexibility index (Phi) is 4.47. The van der Waals surface area contributed by atoms with Crippen LogP contribution < -0.4 is 5.32 Å². The van der Waals surface area contributed by atoms with E-state index in [1.807, 2.05) is 0 Å². The van der Waals surface area contributed by atoms with Crippen LogP contribution in [0.5, 0.6) is 0 Å². The first-order valence-corrected chi connectivity index (χ1v) is 6.19. The first-order chi connectivity index (χ1) is 10.5. The molecule has 1 heterocycles. The summed E-state index contributed by atoms with van der Waals surface area (Å²) in [6, 6.07) is 4.82. The summed E-state index contributed by atoms with van der Waals surface area (Å²) in [6.07, 6.45) is 1.06. The van der Waals surface area contributed by atoms with Crippen molar-refractivity contribution in [2.75, 3.05) is 11.9 Å². The summed E-state index contributed by atoms with van der Waals surface area (Å²) in [5.41, 5.74) is -0.0143. The zero-order valence-electron chi connectivity index (χ0n) is 11.4. The molecule has 22 heavy (non-hydrogen) atoms. The van der Waals surface area contributed by atoms with Gasteiger partial charge < -0.3 is 9.15 Å². The number of rotatable bonds is 5. The molecule has 9 heteroatoms. The van der Waals surface area contributed by atoms with E-state index in [0.717, 1.165) is 6.26 Å². The first kappa shape index (κ1) is 15.2. The molecule has 0 spiro atoms. The Morgan fingerprint density at radius 1 is 1.36 bits per heavy atom. The number of nitrogens with zero attached hydrogens (tertiary/aromatic N) is 2. The second-order valence-corrected chi connectivity index (χ2v) is 4.02. The molecular formula is C13H11N3O6. The van der Waals surface area contributed by atoms with Crippen molar-refractivity contribution in [3.63, 3.8) is 0 Å². The summed E-state index contributed by atoms with van der Waals surface area (Å²) in [7, 11) is 0. The number of nitro groups is 1. The average Bonchev–Trinajstić information content (AvgIpc) is 2.96. The van der Waals surface area contributed by atoms with Gasteiger partial charge in [0.1, 0.15) is 6.26 Å². The molecule has 0 aliphatic carbocycles. The molecular weight excluding hydrogens is 294 g/mol. The van der Waals surface area contributed by atoms with E-state index in [4.69, 9.17) is 9.15 Å². The van der Waals surface area contributed by atoms with Crippen molar-refractivity contribution in [1.82, 2.24) is 4.98 Å². The molecule has 0 radical (unpaired) electrons. The monoisotopic (exact) mass is 305 g/mol. The molecule has 0 unspecified atom stereocenters. The number of esters is 1. The van der Waals surface area contributed by atoms with Gasteiger partial charge >= 0.3 is 12.0 Å². The molecule has 0 fully saturated rings. The molecule has 0 saturated carbocycles. The fourth-order valence-corrected chi connectivity index (χ4v) is 1.53. The summed E-state index contributed by atoms with van der Waals surface area (Å²) in [6.45, 7) is 1.84. The van der Waals surface area contributed by atoms with Crippen LogP contribution in [0.25, 0.3) is 0 Å². The van der Waals surface area contributed by atoms with Crippen molar-refractivity contribution in [2.45, 2.75) is 6.92 Å². The van der Waals surface area contributed by atoms with E-state index in [9.17, 15) is 19.7 Å². The molecule has 9 nitrogen and oxygen atoms in total. The lowest BCUT2D eigenvalue weighted by molar-refractivity contribution is -0.384. The van der Waals surface area contributed by atoms with Crippen LogP contribution in [0, 0.1) is 10.1 Å². The third-order valence-corrected chi connectivity index (χ3v) is 2.55. The standard InChI is InChI=1S/C13H11N3O6/c1-2-21-12(18)10-7-22-13(14-10)15-11(17)8-3-5-9(6-4-8)16(19)20/h3-7H,2H2,1H3,(H,14,15,17). The number of hydrogen-bond donors (Lipinski definition) is 1. The lowest BCUT2D eigenvalue weighted by Gasteiger charge is -2.00. The van der Waals surface area contributed by atoms with Crippen molar-refractivity contribution in [3.05, 3.63) is 51.9 Å². The minimum atomic E-state index is -0.665. The maximum Gasteiger partial charge on any atom is 0.360 e. The van der Waals surface area contributed by atoms with E-state index in [-0.39, 0.29) is 29.6 Å². The van der Waals surface area contributed by atoms with Crippen molar-refractivity contribution in [1.29, 1.82) is 0 Å². The molecule has 2 rings (SSSR count). The van der Waals surface area contributed by atoms with Gasteiger partial charge in [-0.25, -0.2) is 4.79 Å². The molecule has 1 amide bonds.